The highest BCUT2D eigenvalue weighted by molar-refractivity contribution is 5.94. The van der Waals surface area contributed by atoms with Gasteiger partial charge in [0.1, 0.15) is 0 Å². The summed E-state index contributed by atoms with van der Waals surface area (Å²) >= 11 is 0. The van der Waals surface area contributed by atoms with Gasteiger partial charge in [0.05, 0.1) is 6.10 Å². The van der Waals surface area contributed by atoms with Crippen LogP contribution in [0.4, 0.5) is 10.5 Å². The molecule has 1 aromatic carbocycles. The molecule has 0 radical (unpaired) electrons. The molecular formula is C13H17N3O3. The Labute approximate surface area is 111 Å². The number of anilines is 1. The second kappa shape index (κ2) is 6.19. The van der Waals surface area contributed by atoms with Gasteiger partial charge in [0.15, 0.2) is 0 Å². The monoisotopic (exact) mass is 263 g/mol. The van der Waals surface area contributed by atoms with Crippen LogP contribution in [-0.4, -0.2) is 18.0 Å². The fourth-order valence-corrected chi connectivity index (χ4v) is 2.05. The number of carbonyl (C=O) groups excluding carboxylic acids is 2. The summed E-state index contributed by atoms with van der Waals surface area (Å²) in [7, 11) is 0. The lowest BCUT2D eigenvalue weighted by Crippen LogP contribution is -2.28. The number of amides is 3. The molecule has 2 rings (SSSR count). The first-order chi connectivity index (χ1) is 9.15. The highest BCUT2D eigenvalue weighted by Gasteiger charge is 2.17. The maximum atomic E-state index is 11.8. The number of primary amides is 1. The molecule has 0 heterocycles. The zero-order valence-electron chi connectivity index (χ0n) is 10.5. The van der Waals surface area contributed by atoms with Crippen LogP contribution >= 0.6 is 0 Å². The molecule has 0 bridgehead atoms. The molecule has 102 valence electrons. The molecule has 0 atom stereocenters. The summed E-state index contributed by atoms with van der Waals surface area (Å²) < 4.78 is 0. The van der Waals surface area contributed by atoms with E-state index in [9.17, 15) is 9.59 Å². The average molecular weight is 263 g/mol. The van der Waals surface area contributed by atoms with Gasteiger partial charge >= 0.3 is 6.03 Å². The van der Waals surface area contributed by atoms with Crippen LogP contribution in [0.25, 0.3) is 0 Å². The third-order valence-corrected chi connectivity index (χ3v) is 3.04. The molecule has 1 aromatic rings. The zero-order chi connectivity index (χ0) is 13.7. The number of carbonyl (C=O) groups is 2. The van der Waals surface area contributed by atoms with Gasteiger partial charge in [-0.15, -0.1) is 0 Å². The Morgan fingerprint density at radius 3 is 2.37 bits per heavy atom. The maximum Gasteiger partial charge on any atom is 0.316 e. The molecular weight excluding hydrogens is 246 g/mol. The molecule has 0 unspecified atom stereocenters. The van der Waals surface area contributed by atoms with Crippen molar-refractivity contribution >= 4 is 17.6 Å². The summed E-state index contributed by atoms with van der Waals surface area (Å²) in [6.07, 6.45) is 4.39. The molecule has 3 amide bonds. The van der Waals surface area contributed by atoms with E-state index in [4.69, 9.17) is 10.6 Å². The summed E-state index contributed by atoms with van der Waals surface area (Å²) in [5.41, 5.74) is 8.45. The van der Waals surface area contributed by atoms with Gasteiger partial charge in [-0.1, -0.05) is 12.8 Å². The Balaban J connectivity index is 1.86. The third-order valence-electron chi connectivity index (χ3n) is 3.04. The molecule has 0 saturated heterocycles. The van der Waals surface area contributed by atoms with Gasteiger partial charge in [-0.25, -0.2) is 10.3 Å². The maximum absolute atomic E-state index is 11.8. The highest BCUT2D eigenvalue weighted by atomic mass is 16.7. The van der Waals surface area contributed by atoms with Crippen molar-refractivity contribution in [2.75, 3.05) is 5.32 Å². The quantitative estimate of drug-likeness (QED) is 0.723. The lowest BCUT2D eigenvalue weighted by molar-refractivity contribution is -0.0124. The lowest BCUT2D eigenvalue weighted by Gasteiger charge is -2.11. The summed E-state index contributed by atoms with van der Waals surface area (Å²) in [5, 5.41) is 2.42. The van der Waals surface area contributed by atoms with Crippen molar-refractivity contribution < 1.29 is 14.4 Å². The Hall–Kier alpha value is -2.08. The van der Waals surface area contributed by atoms with Gasteiger partial charge in [0, 0.05) is 11.3 Å². The lowest BCUT2D eigenvalue weighted by atomic mass is 10.2. The average Bonchev–Trinajstić information content (AvgIpc) is 2.89. The van der Waals surface area contributed by atoms with E-state index in [1.165, 1.54) is 0 Å². The Bertz CT molecular complexity index is 453. The largest absolute Gasteiger partial charge is 0.351 e. The molecule has 0 aromatic heterocycles. The van der Waals surface area contributed by atoms with Crippen LogP contribution in [0, 0.1) is 0 Å². The Morgan fingerprint density at radius 2 is 1.79 bits per heavy atom. The van der Waals surface area contributed by atoms with E-state index in [-0.39, 0.29) is 12.0 Å². The molecule has 19 heavy (non-hydrogen) atoms. The Kier molecular flexibility index (Phi) is 4.35. The van der Waals surface area contributed by atoms with Crippen molar-refractivity contribution in [3.63, 3.8) is 0 Å². The van der Waals surface area contributed by atoms with Gasteiger partial charge in [0.2, 0.25) is 0 Å². The van der Waals surface area contributed by atoms with Gasteiger partial charge < -0.3 is 11.1 Å². The topological polar surface area (TPSA) is 93.5 Å². The summed E-state index contributed by atoms with van der Waals surface area (Å²) in [6, 6.07) is 5.77. The van der Waals surface area contributed by atoms with Crippen molar-refractivity contribution in [1.82, 2.24) is 5.48 Å². The fraction of sp³-hybridized carbons (Fsp3) is 0.385. The van der Waals surface area contributed by atoms with E-state index in [0.29, 0.717) is 11.3 Å². The molecule has 6 nitrogen and oxygen atoms in total. The molecule has 1 saturated carbocycles. The van der Waals surface area contributed by atoms with E-state index in [1.807, 2.05) is 0 Å². The van der Waals surface area contributed by atoms with Gasteiger partial charge in [-0.05, 0) is 37.1 Å². The van der Waals surface area contributed by atoms with Gasteiger partial charge in [-0.2, -0.15) is 0 Å². The zero-order valence-corrected chi connectivity index (χ0v) is 10.5. The van der Waals surface area contributed by atoms with E-state index in [0.717, 1.165) is 25.7 Å². The van der Waals surface area contributed by atoms with E-state index in [2.05, 4.69) is 10.8 Å². The number of hydrogen-bond donors (Lipinski definition) is 3. The van der Waals surface area contributed by atoms with Gasteiger partial charge in [0.25, 0.3) is 5.91 Å². The summed E-state index contributed by atoms with van der Waals surface area (Å²) in [5.74, 6) is -0.294. The van der Waals surface area contributed by atoms with E-state index in [1.54, 1.807) is 24.3 Å². The van der Waals surface area contributed by atoms with Crippen LogP contribution in [0.2, 0.25) is 0 Å². The standard InChI is InChI=1S/C13H17N3O3/c14-13(18)15-10-7-5-9(6-8-10)12(17)16-19-11-3-1-2-4-11/h5-8,11H,1-4H2,(H,16,17)(H3,14,15,18). The van der Waals surface area contributed by atoms with Gasteiger partial charge in [-0.3, -0.25) is 9.63 Å². The molecule has 6 heteroatoms. The first kappa shape index (κ1) is 13.4. The first-order valence-corrected chi connectivity index (χ1v) is 6.27. The Morgan fingerprint density at radius 1 is 1.16 bits per heavy atom. The van der Waals surface area contributed by atoms with Crippen molar-refractivity contribution in [2.45, 2.75) is 31.8 Å². The fourth-order valence-electron chi connectivity index (χ4n) is 2.05. The number of hydrogen-bond acceptors (Lipinski definition) is 3. The van der Waals surface area contributed by atoms with Crippen LogP contribution in [0.15, 0.2) is 24.3 Å². The molecule has 0 spiro atoms. The van der Waals surface area contributed by atoms with Crippen molar-refractivity contribution in [3.8, 4) is 0 Å². The first-order valence-electron chi connectivity index (χ1n) is 6.27. The second-order valence-electron chi connectivity index (χ2n) is 4.52. The molecule has 1 fully saturated rings. The van der Waals surface area contributed by atoms with Crippen LogP contribution in [0.5, 0.6) is 0 Å². The smallest absolute Gasteiger partial charge is 0.316 e. The predicted octanol–water partition coefficient (Wildman–Crippen LogP) is 1.78. The SMILES string of the molecule is NC(=O)Nc1ccc(C(=O)NOC2CCCC2)cc1. The van der Waals surface area contributed by atoms with Crippen LogP contribution in [0.1, 0.15) is 36.0 Å². The number of urea groups is 1. The van der Waals surface area contributed by atoms with E-state index >= 15 is 0 Å². The van der Waals surface area contributed by atoms with Crippen molar-refractivity contribution in [2.24, 2.45) is 5.73 Å². The van der Waals surface area contributed by atoms with Crippen molar-refractivity contribution in [3.05, 3.63) is 29.8 Å². The number of rotatable bonds is 4. The van der Waals surface area contributed by atoms with Crippen molar-refractivity contribution in [1.29, 1.82) is 0 Å². The molecule has 4 N–H and O–H groups in total. The normalized spacial score (nSPS) is 15.2. The summed E-state index contributed by atoms with van der Waals surface area (Å²) in [6.45, 7) is 0. The highest BCUT2D eigenvalue weighted by Crippen LogP contribution is 2.20. The molecule has 0 aliphatic heterocycles. The van der Waals surface area contributed by atoms with Crippen LogP contribution in [0.3, 0.4) is 0 Å². The number of benzene rings is 1. The second-order valence-corrected chi connectivity index (χ2v) is 4.52. The summed E-state index contributed by atoms with van der Waals surface area (Å²) in [4.78, 5) is 27.8. The third kappa shape index (κ3) is 3.96. The predicted molar refractivity (Wildman–Crippen MR) is 70.5 cm³/mol. The van der Waals surface area contributed by atoms with E-state index < -0.39 is 6.03 Å². The number of nitrogens with two attached hydrogens (primary N) is 1. The number of nitrogens with one attached hydrogen (secondary N) is 2. The molecule has 1 aliphatic carbocycles. The minimum absolute atomic E-state index is 0.125. The minimum Gasteiger partial charge on any atom is -0.351 e. The number of hydroxylamine groups is 1. The van der Waals surface area contributed by atoms with Crippen LogP contribution < -0.4 is 16.5 Å². The minimum atomic E-state index is -0.637. The molecule has 1 aliphatic rings. The van der Waals surface area contributed by atoms with Crippen LogP contribution in [-0.2, 0) is 4.84 Å².